The van der Waals surface area contributed by atoms with Crippen LogP contribution in [0.25, 0.3) is 0 Å². The van der Waals surface area contributed by atoms with Crippen LogP contribution >= 0.6 is 0 Å². The number of piperidine rings is 1. The highest BCUT2D eigenvalue weighted by Crippen LogP contribution is 2.38. The minimum atomic E-state index is 0.486. The Kier molecular flexibility index (Phi) is 2.93. The molecule has 3 nitrogen and oxygen atoms in total. The molecular formula is C14H19NO2. The normalized spacial score (nSPS) is 23.5. The quantitative estimate of drug-likeness (QED) is 0.808. The first-order chi connectivity index (χ1) is 8.36. The first-order valence-electron chi connectivity index (χ1n) is 6.49. The Hall–Kier alpha value is -1.22. The molecule has 3 rings (SSSR count). The first-order valence-corrected chi connectivity index (χ1v) is 6.49. The van der Waals surface area contributed by atoms with Gasteiger partial charge in [-0.25, -0.2) is 0 Å². The Balaban J connectivity index is 1.94. The van der Waals surface area contributed by atoms with E-state index in [2.05, 4.69) is 18.3 Å². The van der Waals surface area contributed by atoms with Gasteiger partial charge in [0.25, 0.3) is 0 Å². The van der Waals surface area contributed by atoms with E-state index in [9.17, 15) is 0 Å². The lowest BCUT2D eigenvalue weighted by atomic mass is 9.93. The molecule has 3 heteroatoms. The molecule has 0 radical (unpaired) electrons. The molecule has 2 heterocycles. The summed E-state index contributed by atoms with van der Waals surface area (Å²) in [5.41, 5.74) is 2.61. The fourth-order valence-corrected chi connectivity index (χ4v) is 2.77. The summed E-state index contributed by atoms with van der Waals surface area (Å²) in [6, 6.07) is 4.72. The third-order valence-electron chi connectivity index (χ3n) is 3.68. The number of fused-ring (bicyclic) bond motifs is 1. The van der Waals surface area contributed by atoms with Crippen LogP contribution in [-0.4, -0.2) is 19.8 Å². The van der Waals surface area contributed by atoms with Gasteiger partial charge < -0.3 is 14.8 Å². The van der Waals surface area contributed by atoms with Gasteiger partial charge in [-0.1, -0.05) is 12.5 Å². The van der Waals surface area contributed by atoms with E-state index in [1.165, 1.54) is 30.4 Å². The van der Waals surface area contributed by atoms with Crippen LogP contribution in [0.2, 0.25) is 0 Å². The molecular weight excluding hydrogens is 214 g/mol. The van der Waals surface area contributed by atoms with Crippen LogP contribution in [-0.2, 0) is 0 Å². The number of ether oxygens (including phenoxy) is 2. The average molecular weight is 233 g/mol. The van der Waals surface area contributed by atoms with Crippen LogP contribution in [0.15, 0.2) is 12.1 Å². The van der Waals surface area contributed by atoms with E-state index < -0.39 is 0 Å². The van der Waals surface area contributed by atoms with Gasteiger partial charge in [-0.3, -0.25) is 0 Å². The molecule has 2 aliphatic rings. The fourth-order valence-electron chi connectivity index (χ4n) is 2.77. The van der Waals surface area contributed by atoms with Crippen molar-refractivity contribution in [2.24, 2.45) is 0 Å². The molecule has 0 bridgehead atoms. The van der Waals surface area contributed by atoms with Crippen molar-refractivity contribution in [3.63, 3.8) is 0 Å². The highest BCUT2D eigenvalue weighted by Gasteiger charge is 2.22. The lowest BCUT2D eigenvalue weighted by Gasteiger charge is -2.28. The Labute approximate surface area is 102 Å². The largest absolute Gasteiger partial charge is 0.486 e. The fraction of sp³-hybridized carbons (Fsp3) is 0.571. The molecule has 1 atom stereocenters. The van der Waals surface area contributed by atoms with Gasteiger partial charge in [-0.2, -0.15) is 0 Å². The van der Waals surface area contributed by atoms with Gasteiger partial charge in [0.1, 0.15) is 13.2 Å². The molecule has 1 aromatic carbocycles. The summed E-state index contributed by atoms with van der Waals surface area (Å²) in [6.07, 6.45) is 3.83. The van der Waals surface area contributed by atoms with Crippen LogP contribution in [0.1, 0.15) is 36.4 Å². The minimum absolute atomic E-state index is 0.486. The molecule has 0 aliphatic carbocycles. The number of hydrogen-bond donors (Lipinski definition) is 1. The highest BCUT2D eigenvalue weighted by atomic mass is 16.6. The zero-order valence-electron chi connectivity index (χ0n) is 10.3. The van der Waals surface area contributed by atoms with Gasteiger partial charge in [0, 0.05) is 6.04 Å². The number of hydrogen-bond acceptors (Lipinski definition) is 3. The molecule has 2 aliphatic heterocycles. The topological polar surface area (TPSA) is 30.5 Å². The lowest BCUT2D eigenvalue weighted by Crippen LogP contribution is -2.27. The first kappa shape index (κ1) is 10.9. The van der Waals surface area contributed by atoms with Crippen molar-refractivity contribution < 1.29 is 9.47 Å². The van der Waals surface area contributed by atoms with E-state index in [0.29, 0.717) is 19.3 Å². The van der Waals surface area contributed by atoms with Crippen LogP contribution in [0.5, 0.6) is 11.5 Å². The zero-order valence-corrected chi connectivity index (χ0v) is 10.3. The van der Waals surface area contributed by atoms with Gasteiger partial charge in [0.05, 0.1) is 0 Å². The van der Waals surface area contributed by atoms with Crippen molar-refractivity contribution in [2.45, 2.75) is 32.2 Å². The van der Waals surface area contributed by atoms with Gasteiger partial charge >= 0.3 is 0 Å². The van der Waals surface area contributed by atoms with E-state index in [-0.39, 0.29) is 0 Å². The molecule has 0 spiro atoms. The highest BCUT2D eigenvalue weighted by molar-refractivity contribution is 5.51. The van der Waals surface area contributed by atoms with Crippen LogP contribution in [0, 0.1) is 6.92 Å². The second-order valence-electron chi connectivity index (χ2n) is 4.81. The third kappa shape index (κ3) is 2.00. The van der Waals surface area contributed by atoms with Crippen molar-refractivity contribution >= 4 is 0 Å². The van der Waals surface area contributed by atoms with Crippen LogP contribution in [0.4, 0.5) is 0 Å². The van der Waals surface area contributed by atoms with Crippen molar-refractivity contribution in [3.8, 4) is 11.5 Å². The molecule has 0 saturated carbocycles. The summed E-state index contributed by atoms with van der Waals surface area (Å²) in [7, 11) is 0. The van der Waals surface area contributed by atoms with Crippen molar-refractivity contribution in [2.75, 3.05) is 19.8 Å². The lowest BCUT2D eigenvalue weighted by molar-refractivity contribution is 0.170. The van der Waals surface area contributed by atoms with E-state index in [0.717, 1.165) is 18.0 Å². The molecule has 0 amide bonds. The predicted molar refractivity (Wildman–Crippen MR) is 66.8 cm³/mol. The van der Waals surface area contributed by atoms with Gasteiger partial charge in [-0.15, -0.1) is 0 Å². The number of benzene rings is 1. The maximum atomic E-state index is 5.73. The summed E-state index contributed by atoms with van der Waals surface area (Å²) in [5.74, 6) is 1.84. The molecule has 1 unspecified atom stereocenters. The molecule has 1 N–H and O–H groups in total. The molecule has 1 fully saturated rings. The van der Waals surface area contributed by atoms with E-state index >= 15 is 0 Å². The second kappa shape index (κ2) is 4.57. The molecule has 17 heavy (non-hydrogen) atoms. The van der Waals surface area contributed by atoms with Gasteiger partial charge in [0.2, 0.25) is 0 Å². The maximum absolute atomic E-state index is 5.73. The summed E-state index contributed by atoms with van der Waals surface area (Å²) in [6.45, 7) is 4.58. The predicted octanol–water partition coefficient (Wildman–Crippen LogP) is 2.58. The zero-order chi connectivity index (χ0) is 11.7. The van der Waals surface area contributed by atoms with Crippen LogP contribution in [0.3, 0.4) is 0 Å². The second-order valence-corrected chi connectivity index (χ2v) is 4.81. The maximum Gasteiger partial charge on any atom is 0.164 e. The van der Waals surface area contributed by atoms with E-state index in [1.54, 1.807) is 0 Å². The summed E-state index contributed by atoms with van der Waals surface area (Å²) in [5, 5.41) is 3.59. The standard InChI is InChI=1S/C14H19NO2/c1-10-11(12-4-2-3-7-15-12)5-6-13-14(10)17-9-8-16-13/h5-6,12,15H,2-4,7-9H2,1H3. The molecule has 0 aromatic heterocycles. The van der Waals surface area contributed by atoms with Crippen molar-refractivity contribution in [1.82, 2.24) is 5.32 Å². The van der Waals surface area contributed by atoms with Crippen molar-refractivity contribution in [3.05, 3.63) is 23.3 Å². The Bertz CT molecular complexity index is 411. The smallest absolute Gasteiger partial charge is 0.164 e. The van der Waals surface area contributed by atoms with Gasteiger partial charge in [0.15, 0.2) is 11.5 Å². The third-order valence-corrected chi connectivity index (χ3v) is 3.68. The summed E-state index contributed by atoms with van der Waals surface area (Å²) < 4.78 is 11.3. The molecule has 1 saturated heterocycles. The van der Waals surface area contributed by atoms with E-state index in [1.807, 2.05) is 6.07 Å². The van der Waals surface area contributed by atoms with Crippen molar-refractivity contribution in [1.29, 1.82) is 0 Å². The number of nitrogens with one attached hydrogen (secondary N) is 1. The van der Waals surface area contributed by atoms with Gasteiger partial charge in [-0.05, 0) is 43.5 Å². The summed E-state index contributed by atoms with van der Waals surface area (Å²) >= 11 is 0. The minimum Gasteiger partial charge on any atom is -0.486 e. The molecule has 92 valence electrons. The Morgan fingerprint density at radius 1 is 1.18 bits per heavy atom. The Morgan fingerprint density at radius 2 is 2.06 bits per heavy atom. The average Bonchev–Trinajstić information content (AvgIpc) is 2.40. The SMILES string of the molecule is Cc1c(C2CCCCN2)ccc2c1OCCO2. The Morgan fingerprint density at radius 3 is 2.88 bits per heavy atom. The monoisotopic (exact) mass is 233 g/mol. The van der Waals surface area contributed by atoms with E-state index in [4.69, 9.17) is 9.47 Å². The molecule has 1 aromatic rings. The number of rotatable bonds is 1. The van der Waals surface area contributed by atoms with Crippen LogP contribution < -0.4 is 14.8 Å². The summed E-state index contributed by atoms with van der Waals surface area (Å²) in [4.78, 5) is 0.